The third-order valence-electron chi connectivity index (χ3n) is 5.31. The molecule has 2 aromatic heterocycles. The van der Waals surface area contributed by atoms with Gasteiger partial charge >= 0.3 is 0 Å². The fraction of sp³-hybridized carbons (Fsp3) is 0.688. The molecule has 10 heteroatoms. The lowest BCUT2D eigenvalue weighted by Crippen LogP contribution is -2.51. The lowest BCUT2D eigenvalue weighted by atomic mass is 10.1. The van der Waals surface area contributed by atoms with Crippen molar-refractivity contribution in [1.29, 1.82) is 0 Å². The van der Waals surface area contributed by atoms with Crippen LogP contribution < -0.4 is 4.90 Å². The van der Waals surface area contributed by atoms with E-state index in [1.165, 1.54) is 6.33 Å². The number of anilines is 1. The minimum Gasteiger partial charge on any atom is -0.379 e. The summed E-state index contributed by atoms with van der Waals surface area (Å²) in [6.07, 6.45) is 2.99. The molecule has 0 N–H and O–H groups in total. The van der Waals surface area contributed by atoms with E-state index >= 15 is 0 Å². The van der Waals surface area contributed by atoms with Crippen molar-refractivity contribution in [3.63, 3.8) is 0 Å². The predicted molar refractivity (Wildman–Crippen MR) is 96.8 cm³/mol. The molecular weight excluding hydrogens is 356 g/mol. The largest absolute Gasteiger partial charge is 0.379 e. The quantitative estimate of drug-likeness (QED) is 0.759. The van der Waals surface area contributed by atoms with E-state index in [-0.39, 0.29) is 0 Å². The molecular formula is C16H24N6O3S. The lowest BCUT2D eigenvalue weighted by Gasteiger charge is -2.37. The van der Waals surface area contributed by atoms with Gasteiger partial charge in [0.2, 0.25) is 10.0 Å². The minimum absolute atomic E-state index is 0.416. The van der Waals surface area contributed by atoms with Crippen LogP contribution in [0.2, 0.25) is 0 Å². The summed E-state index contributed by atoms with van der Waals surface area (Å²) >= 11 is 0. The van der Waals surface area contributed by atoms with E-state index in [1.54, 1.807) is 8.82 Å². The summed E-state index contributed by atoms with van der Waals surface area (Å²) in [5.41, 5.74) is 1.89. The predicted octanol–water partition coefficient (Wildman–Crippen LogP) is 0.372. The second-order valence-electron chi connectivity index (χ2n) is 6.88. The summed E-state index contributed by atoms with van der Waals surface area (Å²) in [4.78, 5) is 10.8. The number of hydrogen-bond acceptors (Lipinski definition) is 7. The van der Waals surface area contributed by atoms with Gasteiger partial charge in [0.25, 0.3) is 5.78 Å². The molecule has 1 atom stereocenters. The molecule has 4 heterocycles. The smallest absolute Gasteiger partial charge is 0.254 e. The van der Waals surface area contributed by atoms with Gasteiger partial charge in [-0.25, -0.2) is 13.4 Å². The van der Waals surface area contributed by atoms with E-state index in [2.05, 4.69) is 20.0 Å². The minimum atomic E-state index is -3.34. The highest BCUT2D eigenvalue weighted by molar-refractivity contribution is 7.89. The molecule has 2 aliphatic heterocycles. The van der Waals surface area contributed by atoms with Gasteiger partial charge in [-0.1, -0.05) is 0 Å². The first-order valence-corrected chi connectivity index (χ1v) is 10.5. The van der Waals surface area contributed by atoms with Crippen LogP contribution >= 0.6 is 0 Å². The Morgan fingerprint density at radius 3 is 2.73 bits per heavy atom. The Bertz CT molecular complexity index is 906. The Hall–Kier alpha value is -1.78. The molecule has 0 bridgehead atoms. The van der Waals surface area contributed by atoms with Crippen molar-refractivity contribution in [2.24, 2.45) is 0 Å². The fourth-order valence-corrected chi connectivity index (χ4v) is 5.68. The van der Waals surface area contributed by atoms with E-state index in [0.29, 0.717) is 45.0 Å². The molecule has 0 radical (unpaired) electrons. The van der Waals surface area contributed by atoms with Gasteiger partial charge < -0.3 is 9.64 Å². The summed E-state index contributed by atoms with van der Waals surface area (Å²) in [6, 6.07) is 0. The van der Waals surface area contributed by atoms with E-state index in [1.807, 2.05) is 13.8 Å². The Labute approximate surface area is 153 Å². The number of ether oxygens (including phenoxy) is 1. The van der Waals surface area contributed by atoms with Crippen molar-refractivity contribution >= 4 is 21.6 Å². The molecule has 2 aromatic rings. The number of nitrogens with zero attached hydrogens (tertiary/aromatic N) is 6. The number of hydrogen-bond donors (Lipinski definition) is 0. The van der Waals surface area contributed by atoms with Crippen LogP contribution in [0.3, 0.4) is 0 Å². The SMILES string of the molecule is Cc1nc2ncnn2c(N2CCCC(S(=O)(=O)N3CCOCC3)C2)c1C. The van der Waals surface area contributed by atoms with Crippen LogP contribution in [-0.2, 0) is 14.8 Å². The molecule has 0 aliphatic carbocycles. The van der Waals surface area contributed by atoms with E-state index in [0.717, 1.165) is 30.0 Å². The Morgan fingerprint density at radius 2 is 1.96 bits per heavy atom. The Kier molecular flexibility index (Phi) is 4.57. The molecule has 2 fully saturated rings. The number of rotatable bonds is 3. The number of aromatic nitrogens is 4. The van der Waals surface area contributed by atoms with Crippen molar-refractivity contribution in [2.75, 3.05) is 44.3 Å². The van der Waals surface area contributed by atoms with Crippen molar-refractivity contribution in [1.82, 2.24) is 23.9 Å². The third kappa shape index (κ3) is 2.95. The number of sulfonamides is 1. The highest BCUT2D eigenvalue weighted by Gasteiger charge is 2.37. The zero-order valence-corrected chi connectivity index (χ0v) is 15.9. The molecule has 26 heavy (non-hydrogen) atoms. The van der Waals surface area contributed by atoms with Crippen molar-refractivity contribution in [3.05, 3.63) is 17.6 Å². The molecule has 0 saturated carbocycles. The average Bonchev–Trinajstić information content (AvgIpc) is 3.11. The molecule has 0 spiro atoms. The van der Waals surface area contributed by atoms with Crippen LogP contribution in [0.15, 0.2) is 6.33 Å². The summed E-state index contributed by atoms with van der Waals surface area (Å²) < 4.78 is 34.8. The van der Waals surface area contributed by atoms with Gasteiger partial charge in [0.05, 0.1) is 18.5 Å². The number of morpholine rings is 1. The maximum absolute atomic E-state index is 13.1. The average molecular weight is 380 g/mol. The summed E-state index contributed by atoms with van der Waals surface area (Å²) in [5.74, 6) is 1.44. The Balaban J connectivity index is 1.65. The molecule has 0 aromatic carbocycles. The van der Waals surface area contributed by atoms with E-state index in [4.69, 9.17) is 4.74 Å². The first-order valence-electron chi connectivity index (χ1n) is 8.97. The third-order valence-corrected chi connectivity index (χ3v) is 7.62. The van der Waals surface area contributed by atoms with Crippen molar-refractivity contribution in [3.8, 4) is 0 Å². The van der Waals surface area contributed by atoms with Crippen LogP contribution in [0.4, 0.5) is 5.82 Å². The summed E-state index contributed by atoms with van der Waals surface area (Å²) in [5, 5.41) is 3.88. The molecule has 2 aliphatic rings. The van der Waals surface area contributed by atoms with Gasteiger partial charge in [0.1, 0.15) is 12.1 Å². The number of aryl methyl sites for hydroxylation is 1. The summed E-state index contributed by atoms with van der Waals surface area (Å²) in [6.45, 7) is 7.03. The molecule has 1 unspecified atom stereocenters. The molecule has 142 valence electrons. The first kappa shape index (κ1) is 17.6. The summed E-state index contributed by atoms with van der Waals surface area (Å²) in [7, 11) is -3.34. The second-order valence-corrected chi connectivity index (χ2v) is 9.10. The topological polar surface area (TPSA) is 92.9 Å². The molecule has 0 amide bonds. The van der Waals surface area contributed by atoms with Crippen LogP contribution in [0.25, 0.3) is 5.78 Å². The van der Waals surface area contributed by atoms with Gasteiger partial charge in [-0.05, 0) is 26.7 Å². The van der Waals surface area contributed by atoms with Crippen LogP contribution in [0.1, 0.15) is 24.1 Å². The number of piperidine rings is 1. The molecule has 2 saturated heterocycles. The van der Waals surface area contributed by atoms with Crippen molar-refractivity contribution in [2.45, 2.75) is 31.9 Å². The molecule has 4 rings (SSSR count). The normalized spacial score (nSPS) is 22.8. The number of fused-ring (bicyclic) bond motifs is 1. The first-order chi connectivity index (χ1) is 12.5. The monoisotopic (exact) mass is 380 g/mol. The Morgan fingerprint density at radius 1 is 1.19 bits per heavy atom. The van der Waals surface area contributed by atoms with Crippen LogP contribution in [0.5, 0.6) is 0 Å². The molecule has 9 nitrogen and oxygen atoms in total. The van der Waals surface area contributed by atoms with Crippen LogP contribution in [0, 0.1) is 13.8 Å². The maximum Gasteiger partial charge on any atom is 0.254 e. The zero-order valence-electron chi connectivity index (χ0n) is 15.1. The highest BCUT2D eigenvalue weighted by atomic mass is 32.2. The van der Waals surface area contributed by atoms with Gasteiger partial charge in [0, 0.05) is 37.4 Å². The van der Waals surface area contributed by atoms with Gasteiger partial charge in [-0.15, -0.1) is 0 Å². The lowest BCUT2D eigenvalue weighted by molar-refractivity contribution is 0.0725. The maximum atomic E-state index is 13.1. The second kappa shape index (κ2) is 6.75. The fourth-order valence-electron chi connectivity index (χ4n) is 3.77. The van der Waals surface area contributed by atoms with E-state index in [9.17, 15) is 8.42 Å². The van der Waals surface area contributed by atoms with Gasteiger partial charge in [-0.2, -0.15) is 18.9 Å². The van der Waals surface area contributed by atoms with Crippen molar-refractivity contribution < 1.29 is 13.2 Å². The standard InChI is InChI=1S/C16H24N6O3S/c1-12-13(2)19-16-17-11-18-22(16)15(12)20-5-3-4-14(10-20)26(23,24)21-6-8-25-9-7-21/h11,14H,3-10H2,1-2H3. The van der Waals surface area contributed by atoms with Gasteiger partial charge in [0.15, 0.2) is 0 Å². The highest BCUT2D eigenvalue weighted by Crippen LogP contribution is 2.28. The zero-order chi connectivity index (χ0) is 18.3. The van der Waals surface area contributed by atoms with Crippen LogP contribution in [-0.4, -0.2) is 76.9 Å². The van der Waals surface area contributed by atoms with E-state index < -0.39 is 15.3 Å². The van der Waals surface area contributed by atoms with Gasteiger partial charge in [-0.3, -0.25) is 0 Å².